The van der Waals surface area contributed by atoms with Crippen molar-refractivity contribution in [2.45, 2.75) is 25.5 Å². The standard InChI is InChI=1S/C36H38B2N2/c1-25-23-33-29(27-15-9-7-10-16-27)19-13-21-31(33)35(25)38(40(5)6,37-39(3)4)36-26(2)24-34-30(20-14-22-32(34)36)28-17-11-8-12-18-28/h7-24,35-36H,1-6H3/q-1. The molecule has 0 saturated heterocycles. The van der Waals surface area contributed by atoms with Gasteiger partial charge in [-0.05, 0) is 61.3 Å². The first-order valence-corrected chi connectivity index (χ1v) is 14.4. The number of rotatable bonds is 7. The van der Waals surface area contributed by atoms with Crippen LogP contribution >= 0.6 is 0 Å². The van der Waals surface area contributed by atoms with E-state index in [1.807, 2.05) is 0 Å². The van der Waals surface area contributed by atoms with Gasteiger partial charge < -0.3 is 9.62 Å². The molecule has 2 atom stereocenters. The zero-order chi connectivity index (χ0) is 28.0. The number of hydrogen-bond donors (Lipinski definition) is 0. The molecule has 0 spiro atoms. The molecule has 4 heteroatoms. The second-order valence-corrected chi connectivity index (χ2v) is 12.2. The molecule has 2 unspecified atom stereocenters. The van der Waals surface area contributed by atoms with Crippen molar-refractivity contribution in [3.05, 3.63) is 130 Å². The lowest BCUT2D eigenvalue weighted by Crippen LogP contribution is -2.67. The van der Waals surface area contributed by atoms with E-state index in [0.717, 1.165) is 0 Å². The van der Waals surface area contributed by atoms with Gasteiger partial charge in [0.15, 0.2) is 0 Å². The zero-order valence-corrected chi connectivity index (χ0v) is 24.6. The van der Waals surface area contributed by atoms with E-state index in [2.05, 4.69) is 168 Å². The maximum absolute atomic E-state index is 2.54. The van der Waals surface area contributed by atoms with Crippen molar-refractivity contribution in [3.8, 4) is 22.3 Å². The van der Waals surface area contributed by atoms with E-state index in [1.54, 1.807) is 0 Å². The van der Waals surface area contributed by atoms with Gasteiger partial charge in [-0.15, -0.1) is 11.6 Å². The van der Waals surface area contributed by atoms with Crippen molar-refractivity contribution in [2.24, 2.45) is 0 Å². The largest absolute Gasteiger partial charge is 0.483 e. The third kappa shape index (κ3) is 4.22. The third-order valence-corrected chi connectivity index (χ3v) is 9.34. The van der Waals surface area contributed by atoms with Crippen LogP contribution in [0.15, 0.2) is 108 Å². The summed E-state index contributed by atoms with van der Waals surface area (Å²) in [4.78, 5) is 4.83. The molecule has 0 aromatic heterocycles. The number of nitrogens with zero attached hydrogens (tertiary/aromatic N) is 2. The lowest BCUT2D eigenvalue weighted by Gasteiger charge is -2.58. The molecule has 0 aliphatic heterocycles. The molecule has 0 bridgehead atoms. The van der Waals surface area contributed by atoms with E-state index >= 15 is 0 Å². The van der Waals surface area contributed by atoms with Crippen molar-refractivity contribution < 1.29 is 0 Å². The summed E-state index contributed by atoms with van der Waals surface area (Å²) in [6.07, 6.45) is 3.64. The maximum atomic E-state index is 2.54. The van der Waals surface area contributed by atoms with Crippen LogP contribution in [-0.4, -0.2) is 51.3 Å². The van der Waals surface area contributed by atoms with Crippen molar-refractivity contribution in [2.75, 3.05) is 28.2 Å². The minimum Gasteiger partial charge on any atom is -0.483 e. The van der Waals surface area contributed by atoms with Gasteiger partial charge in [-0.25, -0.2) is 0 Å². The van der Waals surface area contributed by atoms with E-state index in [9.17, 15) is 0 Å². The lowest BCUT2D eigenvalue weighted by atomic mass is 9.03. The van der Waals surface area contributed by atoms with Crippen molar-refractivity contribution in [1.29, 1.82) is 0 Å². The average Bonchev–Trinajstić information content (AvgIpc) is 3.48. The molecule has 0 N–H and O–H groups in total. The molecule has 4 aromatic carbocycles. The van der Waals surface area contributed by atoms with E-state index in [1.165, 1.54) is 55.7 Å². The molecule has 6 rings (SSSR count). The maximum Gasteiger partial charge on any atom is 0.0704 e. The van der Waals surface area contributed by atoms with Gasteiger partial charge in [0.1, 0.15) is 0 Å². The third-order valence-electron chi connectivity index (χ3n) is 9.34. The summed E-state index contributed by atoms with van der Waals surface area (Å²) in [7, 11) is 11.5. The van der Waals surface area contributed by atoms with Gasteiger partial charge in [-0.2, -0.15) is 0 Å². The Labute approximate surface area is 241 Å². The van der Waals surface area contributed by atoms with Gasteiger partial charge in [-0.3, -0.25) is 0 Å². The number of hydrogen-bond acceptors (Lipinski definition) is 2. The van der Waals surface area contributed by atoms with E-state index < -0.39 is 6.17 Å². The van der Waals surface area contributed by atoms with Gasteiger partial charge >= 0.3 is 0 Å². The first kappa shape index (κ1) is 26.6. The fourth-order valence-corrected chi connectivity index (χ4v) is 7.88. The van der Waals surface area contributed by atoms with Crippen molar-refractivity contribution in [3.63, 3.8) is 0 Å². The summed E-state index contributed by atoms with van der Waals surface area (Å²) in [5.41, 5.74) is 13.7. The second kappa shape index (κ2) is 10.4. The summed E-state index contributed by atoms with van der Waals surface area (Å²) >= 11 is 0. The minimum absolute atomic E-state index is 0.260. The van der Waals surface area contributed by atoms with Gasteiger partial charge in [0, 0.05) is 7.31 Å². The summed E-state index contributed by atoms with van der Waals surface area (Å²) in [6, 6.07) is 35.5. The molecule has 199 valence electrons. The van der Waals surface area contributed by atoms with Gasteiger partial charge in [0.2, 0.25) is 0 Å². The van der Waals surface area contributed by atoms with Crippen LogP contribution in [0.3, 0.4) is 0 Å². The smallest absolute Gasteiger partial charge is 0.0704 e. The molecule has 2 nitrogen and oxygen atoms in total. The highest BCUT2D eigenvalue weighted by Crippen LogP contribution is 2.54. The average molecular weight is 520 g/mol. The Hall–Kier alpha value is -3.59. The number of allylic oxidation sites excluding steroid dienone is 2. The van der Waals surface area contributed by atoms with Crippen LogP contribution in [0.5, 0.6) is 0 Å². The molecule has 40 heavy (non-hydrogen) atoms. The number of fused-ring (bicyclic) bond motifs is 2. The van der Waals surface area contributed by atoms with Crippen LogP contribution in [0.25, 0.3) is 34.4 Å². The van der Waals surface area contributed by atoms with Crippen molar-refractivity contribution in [1.82, 2.24) is 9.62 Å². The Morgan fingerprint density at radius 3 is 1.35 bits per heavy atom. The van der Waals surface area contributed by atoms with Crippen LogP contribution in [0.1, 0.15) is 47.7 Å². The first-order chi connectivity index (χ1) is 19.3. The summed E-state index contributed by atoms with van der Waals surface area (Å²) in [6.45, 7) is 4.69. The Balaban J connectivity index is 1.57. The topological polar surface area (TPSA) is 6.48 Å². The molecule has 0 saturated carbocycles. The fourth-order valence-electron chi connectivity index (χ4n) is 7.88. The molecule has 0 amide bonds. The number of benzene rings is 4. The second-order valence-electron chi connectivity index (χ2n) is 12.2. The van der Waals surface area contributed by atoms with Crippen molar-refractivity contribution >= 4 is 25.6 Å². The monoisotopic (exact) mass is 520 g/mol. The summed E-state index contributed by atoms with van der Waals surface area (Å²) < 4.78 is 0. The minimum atomic E-state index is -1.27. The molecular weight excluding hydrogens is 482 g/mol. The zero-order valence-electron chi connectivity index (χ0n) is 24.6. The molecular formula is C36H38B2N2-. The lowest BCUT2D eigenvalue weighted by molar-refractivity contribution is 0.584. The van der Waals surface area contributed by atoms with Gasteiger partial charge in [0.25, 0.3) is 0 Å². The molecule has 2 aliphatic rings. The molecule has 0 fully saturated rings. The molecule has 2 aliphatic carbocycles. The van der Waals surface area contributed by atoms with Crippen LogP contribution in [0, 0.1) is 0 Å². The summed E-state index contributed by atoms with van der Waals surface area (Å²) in [5, 5.41) is 0. The normalized spacial score (nSPS) is 19.2. The summed E-state index contributed by atoms with van der Waals surface area (Å²) in [5.74, 6) is 0.520. The Bertz CT molecular complexity index is 1490. The van der Waals surface area contributed by atoms with Crippen LogP contribution in [0.4, 0.5) is 0 Å². The SMILES string of the molecule is CC1=Cc2c(-c3ccccc3)cccc2C1[B-]([B]N(C)C)(C1C(C)=Cc2c(-c3ccccc3)cccc21)N(C)C. The first-order valence-electron chi connectivity index (χ1n) is 14.4. The van der Waals surface area contributed by atoms with Gasteiger partial charge in [0.05, 0.1) is 6.17 Å². The van der Waals surface area contributed by atoms with Gasteiger partial charge in [-0.1, -0.05) is 146 Å². The Morgan fingerprint density at radius 2 is 0.975 bits per heavy atom. The quantitative estimate of drug-likeness (QED) is 0.228. The predicted octanol–water partition coefficient (Wildman–Crippen LogP) is 7.98. The highest BCUT2D eigenvalue weighted by molar-refractivity contribution is 7.24. The Kier molecular flexibility index (Phi) is 6.94. The molecule has 4 aromatic rings. The fraction of sp³-hybridized carbons (Fsp3) is 0.222. The van der Waals surface area contributed by atoms with E-state index in [4.69, 9.17) is 0 Å². The molecule has 1 radical (unpaired) electrons. The van der Waals surface area contributed by atoms with Crippen LogP contribution < -0.4 is 0 Å². The van der Waals surface area contributed by atoms with E-state index in [-0.39, 0.29) is 11.6 Å². The predicted molar refractivity (Wildman–Crippen MR) is 175 cm³/mol. The molecule has 0 heterocycles. The highest BCUT2D eigenvalue weighted by atomic mass is 15.0. The Morgan fingerprint density at radius 1 is 0.550 bits per heavy atom. The van der Waals surface area contributed by atoms with Crippen LogP contribution in [0.2, 0.25) is 0 Å². The van der Waals surface area contributed by atoms with E-state index in [0.29, 0.717) is 0 Å². The van der Waals surface area contributed by atoms with Crippen LogP contribution in [-0.2, 0) is 0 Å². The highest BCUT2D eigenvalue weighted by Gasteiger charge is 2.48.